The number of ether oxygens (including phenoxy) is 2. The summed E-state index contributed by atoms with van der Waals surface area (Å²) in [6.07, 6.45) is 1.36. The van der Waals surface area contributed by atoms with Gasteiger partial charge in [-0.1, -0.05) is 29.8 Å². The fraction of sp³-hybridized carbons (Fsp3) is 0.150. The molecule has 27 heavy (non-hydrogen) atoms. The van der Waals surface area contributed by atoms with E-state index in [1.807, 2.05) is 6.92 Å². The van der Waals surface area contributed by atoms with Gasteiger partial charge >= 0.3 is 5.97 Å². The number of nitrogens with one attached hydrogen (secondary N) is 1. The number of aryl methyl sites for hydroxylation is 1. The Hall–Kier alpha value is -3.30. The SMILES string of the molecule is COc1cccc(/C=C(\C#N)C(=O)OCC(=O)Nc2cc(Cl)ccc2C)c1. The predicted octanol–water partition coefficient (Wildman–Crippen LogP) is 3.75. The lowest BCUT2D eigenvalue weighted by Gasteiger charge is -2.09. The number of carbonyl (C=O) groups is 2. The van der Waals surface area contributed by atoms with E-state index in [4.69, 9.17) is 21.1 Å². The van der Waals surface area contributed by atoms with Crippen molar-refractivity contribution in [3.05, 3.63) is 64.2 Å². The van der Waals surface area contributed by atoms with Crippen LogP contribution in [0.2, 0.25) is 5.02 Å². The zero-order chi connectivity index (χ0) is 19.8. The third kappa shape index (κ3) is 5.87. The van der Waals surface area contributed by atoms with E-state index in [1.54, 1.807) is 48.5 Å². The van der Waals surface area contributed by atoms with Crippen molar-refractivity contribution < 1.29 is 19.1 Å². The minimum absolute atomic E-state index is 0.227. The van der Waals surface area contributed by atoms with Crippen molar-refractivity contribution in [1.82, 2.24) is 0 Å². The molecule has 0 aliphatic carbocycles. The van der Waals surface area contributed by atoms with Crippen molar-refractivity contribution in [2.24, 2.45) is 0 Å². The van der Waals surface area contributed by atoms with Crippen LogP contribution in [0.3, 0.4) is 0 Å². The van der Waals surface area contributed by atoms with Crippen molar-refractivity contribution in [2.45, 2.75) is 6.92 Å². The van der Waals surface area contributed by atoms with Gasteiger partial charge in [-0.25, -0.2) is 4.79 Å². The summed E-state index contributed by atoms with van der Waals surface area (Å²) in [7, 11) is 1.52. The van der Waals surface area contributed by atoms with Gasteiger partial charge in [-0.15, -0.1) is 0 Å². The Morgan fingerprint density at radius 3 is 2.74 bits per heavy atom. The lowest BCUT2D eigenvalue weighted by molar-refractivity contribution is -0.142. The van der Waals surface area contributed by atoms with Crippen LogP contribution in [0.15, 0.2) is 48.0 Å². The van der Waals surface area contributed by atoms with Gasteiger partial charge in [-0.05, 0) is 48.4 Å². The molecular formula is C20H17ClN2O4. The molecule has 0 saturated heterocycles. The molecule has 0 saturated carbocycles. The van der Waals surface area contributed by atoms with Crippen LogP contribution in [0.25, 0.3) is 6.08 Å². The fourth-order valence-corrected chi connectivity index (χ4v) is 2.33. The smallest absolute Gasteiger partial charge is 0.349 e. The summed E-state index contributed by atoms with van der Waals surface area (Å²) in [6.45, 7) is 1.28. The molecule has 0 bridgehead atoms. The minimum Gasteiger partial charge on any atom is -0.497 e. The van der Waals surface area contributed by atoms with E-state index < -0.39 is 18.5 Å². The van der Waals surface area contributed by atoms with E-state index in [-0.39, 0.29) is 5.57 Å². The number of halogens is 1. The molecule has 1 N–H and O–H groups in total. The summed E-state index contributed by atoms with van der Waals surface area (Å²) in [5.41, 5.74) is 1.71. The van der Waals surface area contributed by atoms with E-state index in [0.717, 1.165) is 5.56 Å². The molecule has 0 spiro atoms. The highest BCUT2D eigenvalue weighted by Gasteiger charge is 2.14. The highest BCUT2D eigenvalue weighted by atomic mass is 35.5. The van der Waals surface area contributed by atoms with E-state index in [2.05, 4.69) is 5.32 Å². The number of hydrogen-bond acceptors (Lipinski definition) is 5. The largest absolute Gasteiger partial charge is 0.497 e. The Morgan fingerprint density at radius 1 is 1.26 bits per heavy atom. The quantitative estimate of drug-likeness (QED) is 0.465. The molecule has 6 nitrogen and oxygen atoms in total. The summed E-state index contributed by atoms with van der Waals surface area (Å²) >= 11 is 5.90. The van der Waals surface area contributed by atoms with Crippen molar-refractivity contribution in [3.63, 3.8) is 0 Å². The molecule has 0 heterocycles. The second-order valence-electron chi connectivity index (χ2n) is 5.53. The summed E-state index contributed by atoms with van der Waals surface area (Å²) in [5.74, 6) is -0.837. The van der Waals surface area contributed by atoms with Gasteiger partial charge in [0.25, 0.3) is 5.91 Å². The Morgan fingerprint density at radius 2 is 2.04 bits per heavy atom. The van der Waals surface area contributed by atoms with Gasteiger partial charge in [0.2, 0.25) is 0 Å². The Balaban J connectivity index is 2.00. The molecule has 2 aromatic carbocycles. The predicted molar refractivity (Wildman–Crippen MR) is 102 cm³/mol. The maximum Gasteiger partial charge on any atom is 0.349 e. The number of rotatable bonds is 6. The third-order valence-electron chi connectivity index (χ3n) is 3.55. The van der Waals surface area contributed by atoms with Gasteiger partial charge in [0.1, 0.15) is 17.4 Å². The fourth-order valence-electron chi connectivity index (χ4n) is 2.16. The minimum atomic E-state index is -0.890. The monoisotopic (exact) mass is 384 g/mol. The standard InChI is InChI=1S/C20H17ClN2O4/c1-13-6-7-16(21)10-18(13)23-19(24)12-27-20(25)15(11-22)8-14-4-3-5-17(9-14)26-2/h3-10H,12H2,1-2H3,(H,23,24)/b15-8+. The van der Waals surface area contributed by atoms with Crippen LogP contribution in [0.5, 0.6) is 5.75 Å². The molecule has 1 amide bonds. The second kappa shape index (κ2) is 9.41. The molecule has 138 valence electrons. The van der Waals surface area contributed by atoms with E-state index in [1.165, 1.54) is 13.2 Å². The van der Waals surface area contributed by atoms with Crippen LogP contribution in [0.1, 0.15) is 11.1 Å². The van der Waals surface area contributed by atoms with Gasteiger partial charge in [0.15, 0.2) is 6.61 Å². The Kier molecular flexibility index (Phi) is 6.98. The molecule has 0 aromatic heterocycles. The number of carbonyl (C=O) groups excluding carboxylic acids is 2. The maximum absolute atomic E-state index is 12.1. The van der Waals surface area contributed by atoms with E-state index >= 15 is 0 Å². The second-order valence-corrected chi connectivity index (χ2v) is 5.97. The van der Waals surface area contributed by atoms with Crippen LogP contribution < -0.4 is 10.1 Å². The lowest BCUT2D eigenvalue weighted by atomic mass is 10.1. The first kappa shape index (κ1) is 20.0. The van der Waals surface area contributed by atoms with Gasteiger partial charge in [-0.3, -0.25) is 4.79 Å². The molecule has 7 heteroatoms. The maximum atomic E-state index is 12.1. The van der Waals surface area contributed by atoms with Crippen LogP contribution in [0, 0.1) is 18.3 Å². The van der Waals surface area contributed by atoms with Crippen LogP contribution >= 0.6 is 11.6 Å². The number of esters is 1. The Labute approximate surface area is 162 Å². The molecule has 0 radical (unpaired) electrons. The number of nitrogens with zero attached hydrogens (tertiary/aromatic N) is 1. The van der Waals surface area contributed by atoms with Gasteiger partial charge in [-0.2, -0.15) is 5.26 Å². The third-order valence-corrected chi connectivity index (χ3v) is 3.79. The average Bonchev–Trinajstić information content (AvgIpc) is 2.67. The molecule has 0 aliphatic heterocycles. The van der Waals surface area contributed by atoms with Crippen molar-refractivity contribution in [3.8, 4) is 11.8 Å². The molecule has 2 rings (SSSR count). The van der Waals surface area contributed by atoms with Crippen molar-refractivity contribution in [2.75, 3.05) is 19.0 Å². The van der Waals surface area contributed by atoms with Crippen LogP contribution in [-0.2, 0) is 14.3 Å². The lowest BCUT2D eigenvalue weighted by Crippen LogP contribution is -2.21. The summed E-state index contributed by atoms with van der Waals surface area (Å²) < 4.78 is 10.0. The van der Waals surface area contributed by atoms with Crippen LogP contribution in [0.4, 0.5) is 5.69 Å². The normalized spacial score (nSPS) is 10.7. The zero-order valence-corrected chi connectivity index (χ0v) is 15.5. The van der Waals surface area contributed by atoms with E-state index in [0.29, 0.717) is 22.0 Å². The summed E-state index contributed by atoms with van der Waals surface area (Å²) in [5, 5.41) is 12.3. The number of amides is 1. The average molecular weight is 385 g/mol. The van der Waals surface area contributed by atoms with Crippen molar-refractivity contribution in [1.29, 1.82) is 5.26 Å². The number of nitriles is 1. The van der Waals surface area contributed by atoms with Crippen LogP contribution in [-0.4, -0.2) is 25.6 Å². The number of hydrogen-bond donors (Lipinski definition) is 1. The van der Waals surface area contributed by atoms with Gasteiger partial charge in [0.05, 0.1) is 7.11 Å². The molecule has 0 aliphatic rings. The molecule has 0 atom stereocenters. The molecule has 0 unspecified atom stereocenters. The molecule has 0 fully saturated rings. The first-order valence-electron chi connectivity index (χ1n) is 7.92. The first-order chi connectivity index (χ1) is 12.9. The van der Waals surface area contributed by atoms with Gasteiger partial charge in [0, 0.05) is 10.7 Å². The van der Waals surface area contributed by atoms with E-state index in [9.17, 15) is 14.9 Å². The Bertz CT molecular complexity index is 932. The summed E-state index contributed by atoms with van der Waals surface area (Å²) in [4.78, 5) is 24.0. The highest BCUT2D eigenvalue weighted by Crippen LogP contribution is 2.20. The van der Waals surface area contributed by atoms with Gasteiger partial charge < -0.3 is 14.8 Å². The number of anilines is 1. The molecular weight excluding hydrogens is 368 g/mol. The first-order valence-corrected chi connectivity index (χ1v) is 8.29. The topological polar surface area (TPSA) is 88.4 Å². The van der Waals surface area contributed by atoms with Crippen molar-refractivity contribution >= 4 is 35.2 Å². The zero-order valence-electron chi connectivity index (χ0n) is 14.8. The number of methoxy groups -OCH3 is 1. The molecule has 2 aromatic rings. The number of benzene rings is 2. The summed E-state index contributed by atoms with van der Waals surface area (Å²) in [6, 6.07) is 13.7. The highest BCUT2D eigenvalue weighted by molar-refractivity contribution is 6.31.